The van der Waals surface area contributed by atoms with Crippen LogP contribution in [-0.4, -0.2) is 21.8 Å². The molecule has 3 aromatic rings. The zero-order chi connectivity index (χ0) is 18.3. The first-order valence-electron chi connectivity index (χ1n) is 8.25. The Morgan fingerprint density at radius 1 is 1.15 bits per heavy atom. The molecule has 2 aromatic carbocycles. The molecule has 0 saturated carbocycles. The molecule has 5 heteroatoms. The minimum atomic E-state index is -0.220. The number of anilines is 1. The first-order valence-corrected chi connectivity index (χ1v) is 8.25. The number of nitrogens with zero attached hydrogens (tertiary/aromatic N) is 2. The molecule has 0 spiro atoms. The molecule has 128 valence electrons. The lowest BCUT2D eigenvalue weighted by Gasteiger charge is -2.15. The Morgan fingerprint density at radius 3 is 2.73 bits per heavy atom. The summed E-state index contributed by atoms with van der Waals surface area (Å²) >= 11 is 0. The fraction of sp³-hybridized carbons (Fsp3) is 0.0952. The maximum atomic E-state index is 12.7. The van der Waals surface area contributed by atoms with Crippen molar-refractivity contribution in [1.29, 1.82) is 0 Å². The molecule has 1 aliphatic heterocycles. The number of aromatic nitrogens is 1. The highest BCUT2D eigenvalue weighted by Crippen LogP contribution is 2.35. The summed E-state index contributed by atoms with van der Waals surface area (Å²) in [7, 11) is 0. The van der Waals surface area contributed by atoms with Crippen molar-refractivity contribution in [3.63, 3.8) is 0 Å². The Labute approximate surface area is 150 Å². The van der Waals surface area contributed by atoms with Gasteiger partial charge in [0, 0.05) is 17.9 Å². The van der Waals surface area contributed by atoms with Crippen LogP contribution in [0.5, 0.6) is 0 Å². The summed E-state index contributed by atoms with van der Waals surface area (Å²) in [6, 6.07) is 16.3. The lowest BCUT2D eigenvalue weighted by molar-refractivity contribution is -0.116. The van der Waals surface area contributed by atoms with Gasteiger partial charge in [0.1, 0.15) is 0 Å². The molecule has 1 N–H and O–H groups in total. The van der Waals surface area contributed by atoms with Crippen LogP contribution in [0.1, 0.15) is 28.5 Å². The Hall–Kier alpha value is -3.31. The van der Waals surface area contributed by atoms with Crippen LogP contribution in [0.15, 0.2) is 60.3 Å². The standard InChI is InChI=1S/C21H16N2O3/c1-13(25)23-19-5-3-2-4-17(19)21(26)20(23)11-16-8-7-15-10-14(12-24)6-9-18(15)22-16/h2-11,24H,12H2,1H3/b20-11-. The fourth-order valence-corrected chi connectivity index (χ4v) is 3.21. The molecule has 0 atom stereocenters. The number of hydrogen-bond acceptors (Lipinski definition) is 4. The summed E-state index contributed by atoms with van der Waals surface area (Å²) in [6.45, 7) is 1.41. The number of aliphatic hydroxyl groups excluding tert-OH is 1. The minimum Gasteiger partial charge on any atom is -0.392 e. The van der Waals surface area contributed by atoms with E-state index in [1.165, 1.54) is 11.8 Å². The number of Topliss-reactive ketones (excluding diaryl/α,β-unsaturated/α-hetero) is 1. The number of allylic oxidation sites excluding steroid dienone is 1. The van der Waals surface area contributed by atoms with Crippen LogP contribution in [0.3, 0.4) is 0 Å². The first-order chi connectivity index (χ1) is 12.6. The Balaban J connectivity index is 1.81. The predicted molar refractivity (Wildman–Crippen MR) is 99.6 cm³/mol. The summed E-state index contributed by atoms with van der Waals surface area (Å²) in [6.07, 6.45) is 1.64. The number of hydrogen-bond donors (Lipinski definition) is 1. The number of benzene rings is 2. The van der Waals surface area contributed by atoms with E-state index in [2.05, 4.69) is 4.98 Å². The average molecular weight is 344 g/mol. The lowest BCUT2D eigenvalue weighted by atomic mass is 10.1. The monoisotopic (exact) mass is 344 g/mol. The van der Waals surface area contributed by atoms with Gasteiger partial charge in [-0.1, -0.05) is 24.3 Å². The lowest BCUT2D eigenvalue weighted by Crippen LogP contribution is -2.25. The van der Waals surface area contributed by atoms with E-state index < -0.39 is 0 Å². The molecule has 2 heterocycles. The molecule has 0 radical (unpaired) electrons. The highest BCUT2D eigenvalue weighted by molar-refractivity contribution is 6.26. The largest absolute Gasteiger partial charge is 0.392 e. The SMILES string of the molecule is CC(=O)N1/C(=C\c2ccc3cc(CO)ccc3n2)C(=O)c2ccccc21. The Bertz CT molecular complexity index is 1090. The molecule has 0 unspecified atom stereocenters. The third-order valence-corrected chi connectivity index (χ3v) is 4.42. The van der Waals surface area contributed by atoms with Gasteiger partial charge < -0.3 is 5.11 Å². The number of fused-ring (bicyclic) bond motifs is 2. The van der Waals surface area contributed by atoms with Crippen molar-refractivity contribution in [1.82, 2.24) is 4.98 Å². The molecule has 1 aromatic heterocycles. The summed E-state index contributed by atoms with van der Waals surface area (Å²) in [5.74, 6) is -0.406. The number of para-hydroxylation sites is 1. The second kappa shape index (κ2) is 6.20. The molecule has 26 heavy (non-hydrogen) atoms. The molecular formula is C21H16N2O3. The second-order valence-corrected chi connectivity index (χ2v) is 6.15. The van der Waals surface area contributed by atoms with Crippen molar-refractivity contribution in [2.45, 2.75) is 13.5 Å². The molecule has 0 fully saturated rings. The van der Waals surface area contributed by atoms with E-state index in [4.69, 9.17) is 0 Å². The number of ketones is 1. The van der Waals surface area contributed by atoms with E-state index >= 15 is 0 Å². The molecule has 0 aliphatic carbocycles. The Kier molecular flexibility index (Phi) is 3.86. The highest BCUT2D eigenvalue weighted by Gasteiger charge is 2.34. The van der Waals surface area contributed by atoms with Gasteiger partial charge in [0.05, 0.1) is 29.2 Å². The maximum Gasteiger partial charge on any atom is 0.228 e. The van der Waals surface area contributed by atoms with Gasteiger partial charge in [-0.2, -0.15) is 0 Å². The average Bonchev–Trinajstić information content (AvgIpc) is 2.93. The zero-order valence-electron chi connectivity index (χ0n) is 14.1. The quantitative estimate of drug-likeness (QED) is 0.724. The van der Waals surface area contributed by atoms with E-state index in [1.54, 1.807) is 36.4 Å². The van der Waals surface area contributed by atoms with Crippen LogP contribution >= 0.6 is 0 Å². The van der Waals surface area contributed by atoms with Crippen LogP contribution in [0, 0.1) is 0 Å². The smallest absolute Gasteiger partial charge is 0.228 e. The van der Waals surface area contributed by atoms with Gasteiger partial charge in [-0.15, -0.1) is 0 Å². The van der Waals surface area contributed by atoms with Crippen LogP contribution in [0.25, 0.3) is 17.0 Å². The van der Waals surface area contributed by atoms with E-state index in [1.807, 2.05) is 24.3 Å². The van der Waals surface area contributed by atoms with Gasteiger partial charge in [-0.3, -0.25) is 14.5 Å². The van der Waals surface area contributed by atoms with Gasteiger partial charge in [0.25, 0.3) is 0 Å². The van der Waals surface area contributed by atoms with Gasteiger partial charge in [-0.05, 0) is 42.0 Å². The summed E-state index contributed by atoms with van der Waals surface area (Å²) < 4.78 is 0. The van der Waals surface area contributed by atoms with Gasteiger partial charge in [0.2, 0.25) is 11.7 Å². The summed E-state index contributed by atoms with van der Waals surface area (Å²) in [5, 5.41) is 10.1. The van der Waals surface area contributed by atoms with Crippen molar-refractivity contribution in [3.05, 3.63) is 77.1 Å². The van der Waals surface area contributed by atoms with E-state index in [0.717, 1.165) is 16.5 Å². The van der Waals surface area contributed by atoms with Crippen molar-refractivity contribution in [3.8, 4) is 0 Å². The van der Waals surface area contributed by atoms with Gasteiger partial charge in [0.15, 0.2) is 0 Å². The molecule has 0 saturated heterocycles. The van der Waals surface area contributed by atoms with E-state index in [9.17, 15) is 14.7 Å². The van der Waals surface area contributed by atoms with Crippen molar-refractivity contribution < 1.29 is 14.7 Å². The number of carbonyl (C=O) groups is 2. The van der Waals surface area contributed by atoms with E-state index in [-0.39, 0.29) is 18.3 Å². The van der Waals surface area contributed by atoms with Crippen molar-refractivity contribution in [2.75, 3.05) is 4.90 Å². The highest BCUT2D eigenvalue weighted by atomic mass is 16.3. The molecular weight excluding hydrogens is 328 g/mol. The van der Waals surface area contributed by atoms with Gasteiger partial charge >= 0.3 is 0 Å². The predicted octanol–water partition coefficient (Wildman–Crippen LogP) is 3.32. The Morgan fingerprint density at radius 2 is 1.96 bits per heavy atom. The first kappa shape index (κ1) is 16.2. The normalized spacial score (nSPS) is 14.9. The van der Waals surface area contributed by atoms with Crippen molar-refractivity contribution >= 4 is 34.4 Å². The van der Waals surface area contributed by atoms with Crippen LogP contribution in [-0.2, 0) is 11.4 Å². The fourth-order valence-electron chi connectivity index (χ4n) is 3.21. The second-order valence-electron chi connectivity index (χ2n) is 6.15. The molecule has 0 bridgehead atoms. The number of amides is 1. The van der Waals surface area contributed by atoms with E-state index in [0.29, 0.717) is 22.6 Å². The molecule has 4 rings (SSSR count). The molecule has 1 amide bonds. The number of aliphatic hydroxyl groups is 1. The topological polar surface area (TPSA) is 70.5 Å². The van der Waals surface area contributed by atoms with Crippen molar-refractivity contribution in [2.24, 2.45) is 0 Å². The van der Waals surface area contributed by atoms with Crippen LogP contribution < -0.4 is 4.90 Å². The minimum absolute atomic E-state index is 0.0257. The maximum absolute atomic E-state index is 12.7. The van der Waals surface area contributed by atoms with Crippen LogP contribution in [0.4, 0.5) is 5.69 Å². The number of rotatable bonds is 2. The number of carbonyl (C=O) groups excluding carboxylic acids is 2. The summed E-state index contributed by atoms with van der Waals surface area (Å²) in [5.41, 5.74) is 3.59. The van der Waals surface area contributed by atoms with Crippen LogP contribution in [0.2, 0.25) is 0 Å². The number of pyridine rings is 1. The third-order valence-electron chi connectivity index (χ3n) is 4.42. The zero-order valence-corrected chi connectivity index (χ0v) is 14.1. The third kappa shape index (κ3) is 2.59. The van der Waals surface area contributed by atoms with Gasteiger partial charge in [-0.25, -0.2) is 4.98 Å². The molecule has 5 nitrogen and oxygen atoms in total. The molecule has 1 aliphatic rings. The summed E-state index contributed by atoms with van der Waals surface area (Å²) in [4.78, 5) is 30.9.